The van der Waals surface area contributed by atoms with Crippen molar-refractivity contribution in [2.45, 2.75) is 27.3 Å². The second kappa shape index (κ2) is 7.56. The quantitative estimate of drug-likeness (QED) is 0.739. The van der Waals surface area contributed by atoms with Gasteiger partial charge in [0.25, 0.3) is 0 Å². The highest BCUT2D eigenvalue weighted by Crippen LogP contribution is 2.09. The summed E-state index contributed by atoms with van der Waals surface area (Å²) in [4.78, 5) is 25.2. The maximum atomic E-state index is 12.1. The Hall–Kier alpha value is -1.84. The van der Waals surface area contributed by atoms with Crippen LogP contribution in [-0.4, -0.2) is 29.9 Å². The molecule has 0 saturated carbocycles. The fourth-order valence-corrected chi connectivity index (χ4v) is 1.74. The summed E-state index contributed by atoms with van der Waals surface area (Å²) in [6, 6.07) is 9.62. The van der Waals surface area contributed by atoms with Crippen molar-refractivity contribution in [1.29, 1.82) is 0 Å². The van der Waals surface area contributed by atoms with Crippen molar-refractivity contribution < 1.29 is 14.3 Å². The average molecular weight is 263 g/mol. The number of benzene rings is 1. The van der Waals surface area contributed by atoms with Crippen LogP contribution in [0.4, 0.5) is 0 Å². The summed E-state index contributed by atoms with van der Waals surface area (Å²) in [5.41, 5.74) is 1.00. The normalized spacial score (nSPS) is 10.3. The number of carbonyl (C=O) groups is 2. The van der Waals surface area contributed by atoms with Crippen LogP contribution in [0.2, 0.25) is 0 Å². The van der Waals surface area contributed by atoms with Crippen molar-refractivity contribution in [2.24, 2.45) is 5.92 Å². The molecule has 0 aliphatic heterocycles. The molecule has 0 aliphatic carbocycles. The lowest BCUT2D eigenvalue weighted by molar-refractivity contribution is -0.150. The Bertz CT molecular complexity index is 415. The Balaban J connectivity index is 2.75. The van der Waals surface area contributed by atoms with Gasteiger partial charge in [0.1, 0.15) is 6.54 Å². The first-order valence-corrected chi connectivity index (χ1v) is 6.53. The molecule has 4 nitrogen and oxygen atoms in total. The molecular weight excluding hydrogens is 242 g/mol. The minimum absolute atomic E-state index is 0.000250. The van der Waals surface area contributed by atoms with Gasteiger partial charge < -0.3 is 9.64 Å². The molecule has 0 heterocycles. The van der Waals surface area contributed by atoms with E-state index in [1.54, 1.807) is 6.92 Å². The maximum Gasteiger partial charge on any atom is 0.325 e. The monoisotopic (exact) mass is 263 g/mol. The van der Waals surface area contributed by atoms with E-state index in [2.05, 4.69) is 0 Å². The molecule has 0 unspecified atom stereocenters. The molecule has 0 aromatic heterocycles. The van der Waals surface area contributed by atoms with Crippen molar-refractivity contribution in [3.05, 3.63) is 35.9 Å². The Morgan fingerprint density at radius 2 is 1.84 bits per heavy atom. The van der Waals surface area contributed by atoms with Crippen LogP contribution in [-0.2, 0) is 20.9 Å². The van der Waals surface area contributed by atoms with E-state index in [0.717, 1.165) is 5.56 Å². The minimum Gasteiger partial charge on any atom is -0.465 e. The number of ether oxygens (including phenoxy) is 1. The topological polar surface area (TPSA) is 46.6 Å². The molecule has 104 valence electrons. The van der Waals surface area contributed by atoms with Gasteiger partial charge in [-0.2, -0.15) is 0 Å². The fourth-order valence-electron chi connectivity index (χ4n) is 1.74. The van der Waals surface area contributed by atoms with Gasteiger partial charge in [0, 0.05) is 12.5 Å². The van der Waals surface area contributed by atoms with Gasteiger partial charge in [0.2, 0.25) is 5.91 Å². The zero-order valence-electron chi connectivity index (χ0n) is 11.8. The van der Waals surface area contributed by atoms with Crippen molar-refractivity contribution >= 4 is 11.9 Å². The van der Waals surface area contributed by atoms with E-state index in [1.807, 2.05) is 44.2 Å². The minimum atomic E-state index is -0.368. The lowest BCUT2D eigenvalue weighted by Crippen LogP contribution is -2.38. The van der Waals surface area contributed by atoms with Crippen molar-refractivity contribution in [3.8, 4) is 0 Å². The zero-order chi connectivity index (χ0) is 14.3. The van der Waals surface area contributed by atoms with Gasteiger partial charge >= 0.3 is 5.97 Å². The molecule has 1 aromatic carbocycles. The molecule has 19 heavy (non-hydrogen) atoms. The lowest BCUT2D eigenvalue weighted by atomic mass is 10.1. The van der Waals surface area contributed by atoms with Crippen LogP contribution in [0, 0.1) is 5.92 Å². The van der Waals surface area contributed by atoms with Gasteiger partial charge in [-0.25, -0.2) is 0 Å². The number of amides is 1. The van der Waals surface area contributed by atoms with Crippen LogP contribution in [0.25, 0.3) is 0 Å². The summed E-state index contributed by atoms with van der Waals surface area (Å²) < 4.78 is 4.91. The number of carbonyl (C=O) groups excluding carboxylic acids is 2. The van der Waals surface area contributed by atoms with Gasteiger partial charge in [-0.1, -0.05) is 44.2 Å². The highest BCUT2D eigenvalue weighted by atomic mass is 16.5. The van der Waals surface area contributed by atoms with E-state index in [0.29, 0.717) is 13.2 Å². The number of hydrogen-bond donors (Lipinski definition) is 0. The molecule has 0 radical (unpaired) electrons. The standard InChI is InChI=1S/C15H21NO3/c1-4-19-14(17)11-16(15(18)12(2)3)10-13-8-6-5-7-9-13/h5-9,12H,4,10-11H2,1-3H3. The molecule has 1 amide bonds. The fraction of sp³-hybridized carbons (Fsp3) is 0.467. The highest BCUT2D eigenvalue weighted by molar-refractivity contribution is 5.83. The van der Waals surface area contributed by atoms with Crippen molar-refractivity contribution in [3.63, 3.8) is 0 Å². The average Bonchev–Trinajstić information content (AvgIpc) is 2.38. The molecule has 0 N–H and O–H groups in total. The third kappa shape index (κ3) is 5.12. The number of hydrogen-bond acceptors (Lipinski definition) is 3. The largest absolute Gasteiger partial charge is 0.465 e. The van der Waals surface area contributed by atoms with E-state index in [-0.39, 0.29) is 24.3 Å². The van der Waals surface area contributed by atoms with E-state index < -0.39 is 0 Å². The molecule has 0 bridgehead atoms. The van der Waals surface area contributed by atoms with E-state index >= 15 is 0 Å². The lowest BCUT2D eigenvalue weighted by Gasteiger charge is -2.23. The summed E-state index contributed by atoms with van der Waals surface area (Å²) >= 11 is 0. The molecule has 0 aliphatic rings. The van der Waals surface area contributed by atoms with Gasteiger partial charge in [0.05, 0.1) is 6.61 Å². The van der Waals surface area contributed by atoms with Crippen molar-refractivity contribution in [1.82, 2.24) is 4.90 Å². The molecular formula is C15H21NO3. The predicted octanol–water partition coefficient (Wildman–Crippen LogP) is 2.23. The summed E-state index contributed by atoms with van der Waals surface area (Å²) in [5, 5.41) is 0. The number of rotatable bonds is 6. The van der Waals surface area contributed by atoms with Crippen LogP contribution in [0.3, 0.4) is 0 Å². The summed E-state index contributed by atoms with van der Waals surface area (Å²) in [6.07, 6.45) is 0. The highest BCUT2D eigenvalue weighted by Gasteiger charge is 2.20. The Labute approximate surface area is 114 Å². The molecule has 1 aromatic rings. The Morgan fingerprint density at radius 1 is 1.21 bits per heavy atom. The first-order valence-electron chi connectivity index (χ1n) is 6.53. The Morgan fingerprint density at radius 3 is 2.37 bits per heavy atom. The van der Waals surface area contributed by atoms with Crippen LogP contribution in [0.5, 0.6) is 0 Å². The second-order valence-corrected chi connectivity index (χ2v) is 4.64. The molecule has 0 saturated heterocycles. The molecule has 4 heteroatoms. The van der Waals surface area contributed by atoms with E-state index in [4.69, 9.17) is 4.74 Å². The molecule has 1 rings (SSSR count). The third-order valence-electron chi connectivity index (χ3n) is 2.65. The summed E-state index contributed by atoms with van der Waals surface area (Å²) in [6.45, 7) is 6.16. The van der Waals surface area contributed by atoms with E-state index in [9.17, 15) is 9.59 Å². The van der Waals surface area contributed by atoms with Crippen molar-refractivity contribution in [2.75, 3.05) is 13.2 Å². The Kier molecular flexibility index (Phi) is 6.06. The van der Waals surface area contributed by atoms with Gasteiger partial charge in [-0.05, 0) is 12.5 Å². The smallest absolute Gasteiger partial charge is 0.325 e. The summed E-state index contributed by atoms with van der Waals surface area (Å²) in [5.74, 6) is -0.553. The molecule has 0 spiro atoms. The first-order chi connectivity index (χ1) is 9.04. The molecule has 0 fully saturated rings. The van der Waals surface area contributed by atoms with Crippen LogP contribution >= 0.6 is 0 Å². The second-order valence-electron chi connectivity index (χ2n) is 4.64. The third-order valence-corrected chi connectivity index (χ3v) is 2.65. The number of esters is 1. The first kappa shape index (κ1) is 15.2. The van der Waals surface area contributed by atoms with Crippen LogP contribution in [0.1, 0.15) is 26.3 Å². The number of nitrogens with zero attached hydrogens (tertiary/aromatic N) is 1. The zero-order valence-corrected chi connectivity index (χ0v) is 11.8. The summed E-state index contributed by atoms with van der Waals surface area (Å²) in [7, 11) is 0. The van der Waals surface area contributed by atoms with Gasteiger partial charge in [0.15, 0.2) is 0 Å². The predicted molar refractivity (Wildman–Crippen MR) is 73.3 cm³/mol. The molecule has 0 atom stereocenters. The van der Waals surface area contributed by atoms with Crippen LogP contribution < -0.4 is 0 Å². The van der Waals surface area contributed by atoms with Crippen LogP contribution in [0.15, 0.2) is 30.3 Å². The maximum absolute atomic E-state index is 12.1. The van der Waals surface area contributed by atoms with Gasteiger partial charge in [-0.15, -0.1) is 0 Å². The SMILES string of the molecule is CCOC(=O)CN(Cc1ccccc1)C(=O)C(C)C. The van der Waals surface area contributed by atoms with E-state index in [1.165, 1.54) is 4.90 Å². The van der Waals surface area contributed by atoms with Gasteiger partial charge in [-0.3, -0.25) is 9.59 Å².